The van der Waals surface area contributed by atoms with Crippen molar-refractivity contribution in [2.45, 2.75) is 6.54 Å². The van der Waals surface area contributed by atoms with Crippen LogP contribution in [-0.4, -0.2) is 22.4 Å². The zero-order valence-electron chi connectivity index (χ0n) is 12.6. The summed E-state index contributed by atoms with van der Waals surface area (Å²) in [5, 5.41) is 10.1. The Balaban J connectivity index is 1.98. The van der Waals surface area contributed by atoms with Crippen molar-refractivity contribution in [2.24, 2.45) is 0 Å². The van der Waals surface area contributed by atoms with Gasteiger partial charge in [-0.3, -0.25) is 0 Å². The maximum absolute atomic E-state index is 11.6. The number of aromatic carboxylic acids is 1. The molecule has 0 spiro atoms. The van der Waals surface area contributed by atoms with Gasteiger partial charge in [0, 0.05) is 24.2 Å². The van der Waals surface area contributed by atoms with Gasteiger partial charge in [-0.15, -0.1) is 0 Å². The Morgan fingerprint density at radius 2 is 1.88 bits per heavy atom. The summed E-state index contributed by atoms with van der Waals surface area (Å²) in [6.45, 7) is 0.690. The fourth-order valence-corrected chi connectivity index (χ4v) is 3.15. The number of fused-ring (bicyclic) bond motifs is 2. The molecule has 2 heterocycles. The van der Waals surface area contributed by atoms with Crippen LogP contribution in [0.4, 0.5) is 0 Å². The summed E-state index contributed by atoms with van der Waals surface area (Å²) in [5.41, 5.74) is 1.99. The summed E-state index contributed by atoms with van der Waals surface area (Å²) >= 11 is 5.37. The maximum Gasteiger partial charge on any atom is 0.338 e. The fourth-order valence-electron chi connectivity index (χ4n) is 2.84. The Morgan fingerprint density at radius 1 is 1.17 bits per heavy atom. The van der Waals surface area contributed by atoms with Crippen LogP contribution in [0.1, 0.15) is 15.9 Å². The normalized spacial score (nSPS) is 12.5. The van der Waals surface area contributed by atoms with E-state index in [1.165, 1.54) is 0 Å². The Kier molecular flexibility index (Phi) is 3.46. The van der Waals surface area contributed by atoms with Crippen LogP contribution in [0.25, 0.3) is 10.9 Å². The average molecular weight is 339 g/mol. The fraction of sp³-hybridized carbons (Fsp3) is 0.111. The lowest BCUT2D eigenvalue weighted by Crippen LogP contribution is -2.08. The molecule has 0 amide bonds. The zero-order valence-corrected chi connectivity index (χ0v) is 13.4. The van der Waals surface area contributed by atoms with E-state index in [0.29, 0.717) is 27.9 Å². The van der Waals surface area contributed by atoms with Crippen LogP contribution in [0.3, 0.4) is 0 Å². The summed E-state index contributed by atoms with van der Waals surface area (Å²) < 4.78 is 13.0. The number of rotatable bonds is 3. The van der Waals surface area contributed by atoms with Crippen molar-refractivity contribution < 1.29 is 19.4 Å². The van der Waals surface area contributed by atoms with E-state index in [-0.39, 0.29) is 12.4 Å². The molecule has 0 bridgehead atoms. The molecule has 1 aromatic heterocycles. The van der Waals surface area contributed by atoms with Crippen molar-refractivity contribution in [3.63, 3.8) is 0 Å². The molecule has 1 N–H and O–H groups in total. The lowest BCUT2D eigenvalue weighted by molar-refractivity contribution is 0.0695. The number of aromatic nitrogens is 1. The van der Waals surface area contributed by atoms with Crippen molar-refractivity contribution in [2.75, 3.05) is 6.79 Å². The topological polar surface area (TPSA) is 60.7 Å². The third-order valence-corrected chi connectivity index (χ3v) is 4.44. The highest BCUT2D eigenvalue weighted by atomic mass is 32.1. The molecule has 0 saturated heterocycles. The van der Waals surface area contributed by atoms with Gasteiger partial charge in [-0.1, -0.05) is 42.5 Å². The minimum absolute atomic E-state index is 0.104. The van der Waals surface area contributed by atoms with E-state index in [9.17, 15) is 9.90 Å². The van der Waals surface area contributed by atoms with E-state index in [1.54, 1.807) is 12.3 Å². The second-order valence-corrected chi connectivity index (χ2v) is 5.92. The monoisotopic (exact) mass is 339 g/mol. The molecule has 0 aliphatic carbocycles. The minimum Gasteiger partial charge on any atom is -0.478 e. The van der Waals surface area contributed by atoms with Crippen molar-refractivity contribution in [1.82, 2.24) is 4.57 Å². The first-order valence-corrected chi connectivity index (χ1v) is 7.78. The molecule has 3 aromatic rings. The van der Waals surface area contributed by atoms with Gasteiger partial charge in [0.2, 0.25) is 6.79 Å². The summed E-state index contributed by atoms with van der Waals surface area (Å²) in [5.74, 6) is 0.186. The molecule has 1 aliphatic rings. The minimum atomic E-state index is -1.04. The van der Waals surface area contributed by atoms with Gasteiger partial charge in [-0.2, -0.15) is 0 Å². The molecular formula is C18H13NO4S. The highest BCUT2D eigenvalue weighted by Crippen LogP contribution is 2.37. The second-order valence-electron chi connectivity index (χ2n) is 5.51. The molecule has 2 aromatic carbocycles. The van der Waals surface area contributed by atoms with E-state index in [1.807, 2.05) is 41.0 Å². The van der Waals surface area contributed by atoms with Crippen molar-refractivity contribution >= 4 is 29.1 Å². The third-order valence-electron chi connectivity index (χ3n) is 4.00. The van der Waals surface area contributed by atoms with Crippen LogP contribution in [0.5, 0.6) is 11.5 Å². The lowest BCUT2D eigenvalue weighted by atomic mass is 10.1. The first-order chi connectivity index (χ1) is 11.6. The first-order valence-electron chi connectivity index (χ1n) is 7.37. The molecule has 0 unspecified atom stereocenters. The molecule has 24 heavy (non-hydrogen) atoms. The molecule has 120 valence electrons. The predicted octanol–water partition coefficient (Wildman–Crippen LogP) is 3.85. The predicted molar refractivity (Wildman–Crippen MR) is 91.4 cm³/mol. The largest absolute Gasteiger partial charge is 0.478 e. The highest BCUT2D eigenvalue weighted by Gasteiger charge is 2.19. The molecule has 0 radical (unpaired) electrons. The number of ether oxygens (including phenoxy) is 2. The quantitative estimate of drug-likeness (QED) is 0.735. The summed E-state index contributed by atoms with van der Waals surface area (Å²) in [4.78, 5) is 11.6. The van der Waals surface area contributed by atoms with Crippen LogP contribution < -0.4 is 9.47 Å². The lowest BCUT2D eigenvalue weighted by Gasteiger charge is -2.14. The smallest absolute Gasteiger partial charge is 0.338 e. The van der Waals surface area contributed by atoms with Crippen LogP contribution in [-0.2, 0) is 6.54 Å². The van der Waals surface area contributed by atoms with Gasteiger partial charge >= 0.3 is 5.97 Å². The van der Waals surface area contributed by atoms with E-state index in [2.05, 4.69) is 0 Å². The number of hydrogen-bond acceptors (Lipinski definition) is 4. The van der Waals surface area contributed by atoms with Gasteiger partial charge < -0.3 is 19.1 Å². The number of nitrogens with zero attached hydrogens (tertiary/aromatic N) is 1. The SMILES string of the molecule is O=C(O)c1cn(Cc2ccccc2)c2cc3c(cc2c1=S)OCO3. The molecular weight excluding hydrogens is 326 g/mol. The van der Waals surface area contributed by atoms with Crippen molar-refractivity contribution in [3.05, 3.63) is 64.3 Å². The Morgan fingerprint density at radius 3 is 2.58 bits per heavy atom. The van der Waals surface area contributed by atoms with Crippen LogP contribution in [0.15, 0.2) is 48.7 Å². The molecule has 1 aliphatic heterocycles. The Labute approximate surface area is 142 Å². The van der Waals surface area contributed by atoms with Gasteiger partial charge in [-0.05, 0) is 11.6 Å². The number of hydrogen-bond donors (Lipinski definition) is 1. The van der Waals surface area contributed by atoms with Crippen LogP contribution in [0, 0.1) is 4.51 Å². The second kappa shape index (κ2) is 5.65. The standard InChI is InChI=1S/C18H13NO4S/c20-18(21)13-9-19(8-11-4-2-1-3-5-11)14-7-16-15(22-10-23-16)6-12(14)17(13)24/h1-7,9H,8,10H2,(H,20,21). The molecule has 0 fully saturated rings. The van der Waals surface area contributed by atoms with Gasteiger partial charge in [0.25, 0.3) is 0 Å². The summed E-state index contributed by atoms with van der Waals surface area (Å²) in [6.07, 6.45) is 1.59. The number of benzene rings is 2. The first kappa shape index (κ1) is 14.7. The number of pyridine rings is 1. The summed E-state index contributed by atoms with van der Waals surface area (Å²) in [7, 11) is 0. The van der Waals surface area contributed by atoms with Gasteiger partial charge in [-0.25, -0.2) is 4.79 Å². The third kappa shape index (κ3) is 2.41. The molecule has 6 heteroatoms. The average Bonchev–Trinajstić information content (AvgIpc) is 3.04. The molecule has 0 atom stereocenters. The Bertz CT molecular complexity index is 1010. The number of carboxylic acids is 1. The molecule has 0 saturated carbocycles. The van der Waals surface area contributed by atoms with E-state index in [0.717, 1.165) is 11.1 Å². The highest BCUT2D eigenvalue weighted by molar-refractivity contribution is 7.71. The molecule has 4 rings (SSSR count). The van der Waals surface area contributed by atoms with Gasteiger partial charge in [0.15, 0.2) is 11.5 Å². The van der Waals surface area contributed by atoms with Crippen LogP contribution in [0.2, 0.25) is 0 Å². The number of carboxylic acid groups (broad SMARTS) is 1. The van der Waals surface area contributed by atoms with Gasteiger partial charge in [0.05, 0.1) is 15.6 Å². The zero-order chi connectivity index (χ0) is 16.7. The van der Waals surface area contributed by atoms with Gasteiger partial charge in [0.1, 0.15) is 0 Å². The van der Waals surface area contributed by atoms with E-state index >= 15 is 0 Å². The van der Waals surface area contributed by atoms with Crippen LogP contribution >= 0.6 is 12.2 Å². The maximum atomic E-state index is 11.6. The Hall–Kier alpha value is -2.86. The van der Waals surface area contributed by atoms with E-state index in [4.69, 9.17) is 21.7 Å². The molecule has 5 nitrogen and oxygen atoms in total. The summed E-state index contributed by atoms with van der Waals surface area (Å²) in [6, 6.07) is 13.4. The number of carbonyl (C=O) groups is 1. The van der Waals surface area contributed by atoms with Crippen molar-refractivity contribution in [3.8, 4) is 11.5 Å². The van der Waals surface area contributed by atoms with Crippen molar-refractivity contribution in [1.29, 1.82) is 0 Å². The van der Waals surface area contributed by atoms with E-state index < -0.39 is 5.97 Å².